The summed E-state index contributed by atoms with van der Waals surface area (Å²) in [5.74, 6) is -1.78. The maximum atomic E-state index is 9.11. The first-order valence-electron chi connectivity index (χ1n) is 22.4. The van der Waals surface area contributed by atoms with Crippen molar-refractivity contribution in [1.82, 2.24) is 0 Å². The van der Waals surface area contributed by atoms with E-state index in [1.807, 2.05) is 0 Å². The van der Waals surface area contributed by atoms with Gasteiger partial charge in [-0.25, -0.2) is 0 Å². The SMILES string of the molecule is CCCCC1=Cc2c(ccc(-c3ccccc3)c2-c2cc(C)cc(C)c2)[CH]1[Zr]([Cl])([Cl])([CH]1C(CCCC)=Cc2c1ccc(-c1ccccc1)c2-c1cc(C)cc(C)c1)[SiH](C)C. The van der Waals surface area contributed by atoms with Crippen molar-refractivity contribution >= 4 is 35.1 Å². The summed E-state index contributed by atoms with van der Waals surface area (Å²) in [6.07, 6.45) is 11.7. The summed E-state index contributed by atoms with van der Waals surface area (Å²) in [4.78, 5) is 0. The molecule has 0 bridgehead atoms. The van der Waals surface area contributed by atoms with Gasteiger partial charge in [0, 0.05) is 0 Å². The summed E-state index contributed by atoms with van der Waals surface area (Å²) in [5.41, 5.74) is 23.7. The Morgan fingerprint density at radius 2 is 0.850 bits per heavy atom. The van der Waals surface area contributed by atoms with Gasteiger partial charge in [-0.2, -0.15) is 0 Å². The van der Waals surface area contributed by atoms with Crippen LogP contribution in [0.3, 0.4) is 0 Å². The number of rotatable bonds is 13. The van der Waals surface area contributed by atoms with E-state index in [2.05, 4.69) is 188 Å². The number of benzene rings is 6. The van der Waals surface area contributed by atoms with Gasteiger partial charge in [-0.15, -0.1) is 0 Å². The molecule has 4 heteroatoms. The molecule has 307 valence electrons. The molecule has 6 aromatic rings. The van der Waals surface area contributed by atoms with Gasteiger partial charge < -0.3 is 0 Å². The van der Waals surface area contributed by atoms with Gasteiger partial charge in [0.05, 0.1) is 0 Å². The Hall–Kier alpha value is -3.52. The van der Waals surface area contributed by atoms with E-state index in [9.17, 15) is 0 Å². The van der Waals surface area contributed by atoms with Crippen molar-refractivity contribution in [2.24, 2.45) is 0 Å². The van der Waals surface area contributed by atoms with Gasteiger partial charge in [-0.05, 0) is 0 Å². The molecule has 60 heavy (non-hydrogen) atoms. The molecule has 0 heterocycles. The molecule has 0 N–H and O–H groups in total. The van der Waals surface area contributed by atoms with Crippen LogP contribution in [0.1, 0.15) is 104 Å². The molecular formula is C56H61Cl2SiZr. The molecule has 0 saturated heterocycles. The zero-order valence-corrected chi connectivity index (χ0v) is 42.1. The van der Waals surface area contributed by atoms with E-state index < -0.39 is 21.5 Å². The molecule has 0 saturated carbocycles. The van der Waals surface area contributed by atoms with Gasteiger partial charge >= 0.3 is 373 Å². The molecule has 0 amide bonds. The first kappa shape index (κ1) is 43.1. The Morgan fingerprint density at radius 1 is 0.483 bits per heavy atom. The van der Waals surface area contributed by atoms with Gasteiger partial charge in [-0.1, -0.05) is 0 Å². The standard InChI is InChI=1S/2C27H27.C2H7Si.2ClH.Zr/c2*1-4-5-9-21-17-23-12-13-25(22-10-7-6-8-11-22)27(26(23)18-21)24-15-19(2)14-20(3)16-24;1-3-2;;;/h2*6-8,10-18H,4-5,9H2,1-3H3;3H,1-2H3;2*1H;/q;;;;;+2/p-2. The summed E-state index contributed by atoms with van der Waals surface area (Å²) in [7, 11) is 18.2. The third-order valence-corrected chi connectivity index (χ3v) is 65.5. The molecule has 8 rings (SSSR count). The van der Waals surface area contributed by atoms with E-state index in [1.165, 1.54) is 100 Å². The maximum absolute atomic E-state index is 9.11. The van der Waals surface area contributed by atoms with E-state index in [1.54, 1.807) is 0 Å². The number of unbranched alkanes of at least 4 members (excludes halogenated alkanes) is 2. The van der Waals surface area contributed by atoms with E-state index in [0.29, 0.717) is 0 Å². The first-order chi connectivity index (χ1) is 28.8. The molecule has 2 aliphatic rings. The average Bonchev–Trinajstić information content (AvgIpc) is 3.81. The summed E-state index contributed by atoms with van der Waals surface area (Å²) in [5, 5.41) is 0. The van der Waals surface area contributed by atoms with Crippen molar-refractivity contribution in [3.05, 3.63) is 177 Å². The van der Waals surface area contributed by atoms with Crippen LogP contribution in [-0.4, -0.2) is 5.92 Å². The summed E-state index contributed by atoms with van der Waals surface area (Å²) < 4.78 is 0.0776. The molecule has 2 atom stereocenters. The number of hydrogen-bond donors (Lipinski definition) is 0. The van der Waals surface area contributed by atoms with E-state index >= 15 is 0 Å². The predicted octanol–water partition coefficient (Wildman–Crippen LogP) is 17.5. The van der Waals surface area contributed by atoms with E-state index in [4.69, 9.17) is 17.0 Å². The Balaban J connectivity index is 1.43. The van der Waals surface area contributed by atoms with Crippen LogP contribution < -0.4 is 0 Å². The Bertz CT molecular complexity index is 2420. The van der Waals surface area contributed by atoms with E-state index in [0.717, 1.165) is 38.5 Å². The van der Waals surface area contributed by atoms with Crippen molar-refractivity contribution in [3.8, 4) is 44.5 Å². The van der Waals surface area contributed by atoms with Gasteiger partial charge in [0.15, 0.2) is 0 Å². The Labute approximate surface area is 369 Å². The normalized spacial score (nSPS) is 16.6. The quantitative estimate of drug-likeness (QED) is 0.101. The molecule has 2 unspecified atom stereocenters. The van der Waals surface area contributed by atoms with Gasteiger partial charge in [0.25, 0.3) is 0 Å². The molecule has 0 fully saturated rings. The minimum absolute atomic E-state index is 0.0388. The minimum atomic E-state index is -5.11. The van der Waals surface area contributed by atoms with Crippen LogP contribution in [0.25, 0.3) is 56.7 Å². The topological polar surface area (TPSA) is 0 Å². The molecule has 0 aliphatic heterocycles. The fourth-order valence-corrected chi connectivity index (χ4v) is 42.4. The van der Waals surface area contributed by atoms with Crippen LogP contribution in [0.15, 0.2) is 132 Å². The molecule has 0 radical (unpaired) electrons. The number of hydrogen-bond acceptors (Lipinski definition) is 0. The first-order valence-corrected chi connectivity index (χ1v) is 38.7. The third-order valence-electron chi connectivity index (χ3n) is 13.6. The van der Waals surface area contributed by atoms with Gasteiger partial charge in [0.1, 0.15) is 0 Å². The number of halogens is 2. The molecular weight excluding hydrogens is 863 g/mol. The molecule has 0 nitrogen and oxygen atoms in total. The van der Waals surface area contributed by atoms with Gasteiger partial charge in [-0.3, -0.25) is 0 Å². The summed E-state index contributed by atoms with van der Waals surface area (Å²) in [6.45, 7) is 18.5. The van der Waals surface area contributed by atoms with Crippen molar-refractivity contribution in [3.63, 3.8) is 0 Å². The van der Waals surface area contributed by atoms with Crippen molar-refractivity contribution in [2.75, 3.05) is 0 Å². The van der Waals surface area contributed by atoms with Crippen LogP contribution in [0, 0.1) is 27.7 Å². The van der Waals surface area contributed by atoms with Crippen LogP contribution in [-0.2, 0) is 15.6 Å². The fourth-order valence-electron chi connectivity index (χ4n) is 10.9. The Morgan fingerprint density at radius 3 is 1.18 bits per heavy atom. The molecule has 0 spiro atoms. The molecule has 0 aromatic heterocycles. The van der Waals surface area contributed by atoms with Crippen molar-refractivity contribution in [2.45, 2.75) is 100 Å². The second-order valence-electron chi connectivity index (χ2n) is 18.4. The van der Waals surface area contributed by atoms with Crippen LogP contribution in [0.5, 0.6) is 0 Å². The summed E-state index contributed by atoms with van der Waals surface area (Å²) >= 11 is -5.11. The van der Waals surface area contributed by atoms with Crippen LogP contribution in [0.4, 0.5) is 0 Å². The second-order valence-corrected chi connectivity index (χ2v) is 60.9. The molecule has 6 aromatic carbocycles. The van der Waals surface area contributed by atoms with Crippen LogP contribution in [0.2, 0.25) is 13.1 Å². The zero-order valence-electron chi connectivity index (χ0n) is 36.9. The Kier molecular flexibility index (Phi) is 12.5. The number of allylic oxidation sites excluding steroid dienone is 2. The monoisotopic (exact) mass is 921 g/mol. The molecule has 2 aliphatic carbocycles. The number of fused-ring (bicyclic) bond motifs is 2. The summed E-state index contributed by atoms with van der Waals surface area (Å²) in [6, 6.07) is 45.7. The van der Waals surface area contributed by atoms with E-state index in [-0.39, 0.29) is 7.25 Å². The van der Waals surface area contributed by atoms with Crippen LogP contribution >= 0.6 is 17.0 Å². The zero-order chi connectivity index (χ0) is 42.4. The van der Waals surface area contributed by atoms with Crippen molar-refractivity contribution < 1.29 is 15.6 Å². The fraction of sp³-hybridized carbons (Fsp3) is 0.286. The second kappa shape index (κ2) is 17.3. The predicted molar refractivity (Wildman–Crippen MR) is 265 cm³/mol. The van der Waals surface area contributed by atoms with Gasteiger partial charge in [0.2, 0.25) is 0 Å². The average molecular weight is 924 g/mol. The third kappa shape index (κ3) is 7.68. The van der Waals surface area contributed by atoms with Crippen molar-refractivity contribution in [1.29, 1.82) is 0 Å². The number of aryl methyl sites for hydroxylation is 4.